The number of carbonyl (C=O) groups is 1. The van der Waals surface area contributed by atoms with Crippen molar-refractivity contribution in [2.45, 2.75) is 18.4 Å². The average Bonchev–Trinajstić information content (AvgIpc) is 3.21. The van der Waals surface area contributed by atoms with Gasteiger partial charge in [-0.3, -0.25) is 4.79 Å². The number of furan rings is 1. The van der Waals surface area contributed by atoms with Crippen LogP contribution in [-0.2, 0) is 21.4 Å². The van der Waals surface area contributed by atoms with E-state index in [1.807, 2.05) is 31.2 Å². The molecule has 0 saturated heterocycles. The molecule has 1 heterocycles. The lowest BCUT2D eigenvalue weighted by Gasteiger charge is -2.06. The number of nitrogens with one attached hydrogen (secondary N) is 2. The van der Waals surface area contributed by atoms with E-state index in [-0.39, 0.29) is 17.3 Å². The fraction of sp³-hybridized carbons (Fsp3) is 0.0952. The van der Waals surface area contributed by atoms with E-state index in [9.17, 15) is 13.2 Å². The van der Waals surface area contributed by atoms with Crippen LogP contribution in [0.15, 0.2) is 82.3 Å². The third-order valence-corrected chi connectivity index (χ3v) is 5.45. The van der Waals surface area contributed by atoms with Crippen molar-refractivity contribution >= 4 is 27.7 Å². The Kier molecular flexibility index (Phi) is 6.08. The monoisotopic (exact) mass is 396 g/mol. The zero-order chi connectivity index (χ0) is 20.0. The molecule has 6 nitrogen and oxygen atoms in total. The first-order valence-electron chi connectivity index (χ1n) is 8.61. The first kappa shape index (κ1) is 19.6. The first-order valence-corrected chi connectivity index (χ1v) is 10.1. The second-order valence-electron chi connectivity index (χ2n) is 6.11. The van der Waals surface area contributed by atoms with Gasteiger partial charge in [-0.25, -0.2) is 13.1 Å². The van der Waals surface area contributed by atoms with Gasteiger partial charge in [-0.15, -0.1) is 0 Å². The Balaban J connectivity index is 1.61. The highest BCUT2D eigenvalue weighted by atomic mass is 32.2. The van der Waals surface area contributed by atoms with Gasteiger partial charge in [0.05, 0.1) is 17.7 Å². The van der Waals surface area contributed by atoms with Crippen LogP contribution in [0.2, 0.25) is 0 Å². The van der Waals surface area contributed by atoms with E-state index in [2.05, 4.69) is 10.0 Å². The number of benzene rings is 2. The number of hydrogen-bond donors (Lipinski definition) is 2. The van der Waals surface area contributed by atoms with Crippen molar-refractivity contribution in [3.05, 3.63) is 89.9 Å². The molecule has 3 aromatic rings. The highest BCUT2D eigenvalue weighted by Gasteiger charge is 2.14. The molecule has 1 amide bonds. The summed E-state index contributed by atoms with van der Waals surface area (Å²) in [5, 5.41) is 2.81. The van der Waals surface area contributed by atoms with Gasteiger partial charge >= 0.3 is 0 Å². The Labute approximate surface area is 163 Å². The Morgan fingerprint density at radius 2 is 1.79 bits per heavy atom. The fourth-order valence-corrected chi connectivity index (χ4v) is 3.47. The van der Waals surface area contributed by atoms with Gasteiger partial charge in [-0.1, -0.05) is 30.3 Å². The molecule has 3 rings (SSSR count). The van der Waals surface area contributed by atoms with Gasteiger partial charge in [-0.2, -0.15) is 0 Å². The number of rotatable bonds is 7. The van der Waals surface area contributed by atoms with E-state index in [1.165, 1.54) is 24.5 Å². The Hall–Kier alpha value is -3.16. The number of amides is 1. The van der Waals surface area contributed by atoms with E-state index in [0.717, 1.165) is 11.3 Å². The topological polar surface area (TPSA) is 88.4 Å². The highest BCUT2D eigenvalue weighted by Crippen LogP contribution is 2.14. The number of aryl methyl sites for hydroxylation is 1. The van der Waals surface area contributed by atoms with Crippen molar-refractivity contribution in [2.75, 3.05) is 5.32 Å². The molecule has 0 spiro atoms. The van der Waals surface area contributed by atoms with Crippen molar-refractivity contribution in [3.8, 4) is 0 Å². The molecule has 0 aliphatic carbocycles. The van der Waals surface area contributed by atoms with Crippen LogP contribution in [0.3, 0.4) is 0 Å². The zero-order valence-electron chi connectivity index (χ0n) is 15.3. The van der Waals surface area contributed by atoms with E-state index >= 15 is 0 Å². The Morgan fingerprint density at radius 3 is 2.46 bits per heavy atom. The van der Waals surface area contributed by atoms with E-state index < -0.39 is 10.0 Å². The molecular weight excluding hydrogens is 376 g/mol. The molecule has 144 valence electrons. The maximum absolute atomic E-state index is 12.3. The molecule has 2 aromatic carbocycles. The van der Waals surface area contributed by atoms with Crippen LogP contribution in [0, 0.1) is 6.92 Å². The molecule has 0 fully saturated rings. The standard InChI is InChI=1S/C21H20N2O4S/c1-16-5-2-3-7-20(16)23-21(24)13-10-17-8-11-19(12-9-17)28(25,26)22-15-18-6-4-14-27-18/h2-14,22H,15H2,1H3,(H,23,24). The summed E-state index contributed by atoms with van der Waals surface area (Å²) in [7, 11) is -3.64. The fourth-order valence-electron chi connectivity index (χ4n) is 2.48. The number of para-hydroxylation sites is 1. The summed E-state index contributed by atoms with van der Waals surface area (Å²) >= 11 is 0. The minimum absolute atomic E-state index is 0.0794. The van der Waals surface area contributed by atoms with Crippen LogP contribution < -0.4 is 10.0 Å². The summed E-state index contributed by atoms with van der Waals surface area (Å²) in [4.78, 5) is 12.2. The molecular formula is C21H20N2O4S. The average molecular weight is 396 g/mol. The second kappa shape index (κ2) is 8.69. The molecule has 0 atom stereocenters. The van der Waals surface area contributed by atoms with Gasteiger partial charge < -0.3 is 9.73 Å². The molecule has 0 bridgehead atoms. The van der Waals surface area contributed by atoms with Crippen LogP contribution in [0.25, 0.3) is 6.08 Å². The van der Waals surface area contributed by atoms with Crippen LogP contribution in [0.4, 0.5) is 5.69 Å². The summed E-state index contributed by atoms with van der Waals surface area (Å²) < 4.78 is 32.2. The first-order chi connectivity index (χ1) is 13.4. The summed E-state index contributed by atoms with van der Waals surface area (Å²) in [6, 6.07) is 17.1. The predicted octanol–water partition coefficient (Wildman–Crippen LogP) is 3.72. The SMILES string of the molecule is Cc1ccccc1NC(=O)C=Cc1ccc(S(=O)(=O)NCc2ccco2)cc1. The number of carbonyl (C=O) groups excluding carboxylic acids is 1. The third kappa shape index (κ3) is 5.18. The van der Waals surface area contributed by atoms with Gasteiger partial charge in [0.25, 0.3) is 0 Å². The van der Waals surface area contributed by atoms with Gasteiger partial charge in [0.1, 0.15) is 5.76 Å². The quantitative estimate of drug-likeness (QED) is 0.596. The van der Waals surface area contributed by atoms with Crippen molar-refractivity contribution in [2.24, 2.45) is 0 Å². The summed E-state index contributed by atoms with van der Waals surface area (Å²) in [6.45, 7) is 1.99. The molecule has 28 heavy (non-hydrogen) atoms. The van der Waals surface area contributed by atoms with Crippen molar-refractivity contribution in [1.29, 1.82) is 0 Å². The maximum atomic E-state index is 12.3. The van der Waals surface area contributed by atoms with Crippen LogP contribution in [-0.4, -0.2) is 14.3 Å². The van der Waals surface area contributed by atoms with Crippen molar-refractivity contribution in [3.63, 3.8) is 0 Å². The van der Waals surface area contributed by atoms with Crippen LogP contribution in [0.1, 0.15) is 16.9 Å². The third-order valence-electron chi connectivity index (χ3n) is 4.04. The zero-order valence-corrected chi connectivity index (χ0v) is 16.1. The van der Waals surface area contributed by atoms with Crippen LogP contribution in [0.5, 0.6) is 0 Å². The largest absolute Gasteiger partial charge is 0.468 e. The molecule has 0 aliphatic rings. The minimum atomic E-state index is -3.64. The number of sulfonamides is 1. The van der Waals surface area contributed by atoms with E-state index in [4.69, 9.17) is 4.42 Å². The number of hydrogen-bond acceptors (Lipinski definition) is 4. The molecule has 0 unspecified atom stereocenters. The van der Waals surface area contributed by atoms with E-state index in [0.29, 0.717) is 11.3 Å². The smallest absolute Gasteiger partial charge is 0.248 e. The molecule has 0 aliphatic heterocycles. The van der Waals surface area contributed by atoms with Gasteiger partial charge in [0, 0.05) is 11.8 Å². The molecule has 0 radical (unpaired) electrons. The molecule has 0 saturated carbocycles. The Bertz CT molecular complexity index is 1070. The molecule has 2 N–H and O–H groups in total. The second-order valence-corrected chi connectivity index (χ2v) is 7.88. The van der Waals surface area contributed by atoms with Crippen molar-refractivity contribution < 1.29 is 17.6 Å². The molecule has 1 aromatic heterocycles. The summed E-state index contributed by atoms with van der Waals surface area (Å²) in [5.41, 5.74) is 2.44. The summed E-state index contributed by atoms with van der Waals surface area (Å²) in [5.74, 6) is 0.272. The van der Waals surface area contributed by atoms with Crippen molar-refractivity contribution in [1.82, 2.24) is 4.72 Å². The van der Waals surface area contributed by atoms with Gasteiger partial charge in [0.15, 0.2) is 0 Å². The Morgan fingerprint density at radius 1 is 1.04 bits per heavy atom. The normalized spacial score (nSPS) is 11.6. The maximum Gasteiger partial charge on any atom is 0.248 e. The van der Waals surface area contributed by atoms with Gasteiger partial charge in [0.2, 0.25) is 15.9 Å². The lowest BCUT2D eigenvalue weighted by molar-refractivity contribution is -0.111. The van der Waals surface area contributed by atoms with Crippen LogP contribution >= 0.6 is 0 Å². The number of anilines is 1. The highest BCUT2D eigenvalue weighted by molar-refractivity contribution is 7.89. The predicted molar refractivity (Wildman–Crippen MR) is 108 cm³/mol. The van der Waals surface area contributed by atoms with Gasteiger partial charge in [-0.05, 0) is 54.5 Å². The summed E-state index contributed by atoms with van der Waals surface area (Å²) in [6.07, 6.45) is 4.52. The lowest BCUT2D eigenvalue weighted by Crippen LogP contribution is -2.22. The minimum Gasteiger partial charge on any atom is -0.468 e. The lowest BCUT2D eigenvalue weighted by atomic mass is 10.2. The van der Waals surface area contributed by atoms with E-state index in [1.54, 1.807) is 30.3 Å². The molecule has 7 heteroatoms.